The Hall–Kier alpha value is -1.32. The lowest BCUT2D eigenvalue weighted by atomic mass is 9.67. The molecule has 22 heavy (non-hydrogen) atoms. The Bertz CT molecular complexity index is 542. The van der Waals surface area contributed by atoms with E-state index < -0.39 is 0 Å². The van der Waals surface area contributed by atoms with Gasteiger partial charge in [0.25, 0.3) is 0 Å². The Morgan fingerprint density at radius 1 is 1.36 bits per heavy atom. The average molecular weight is 303 g/mol. The fourth-order valence-electron chi connectivity index (χ4n) is 4.58. The topological polar surface area (TPSA) is 38.1 Å². The minimum atomic E-state index is 0.248. The second-order valence-electron chi connectivity index (χ2n) is 8.45. The summed E-state index contributed by atoms with van der Waals surface area (Å²) >= 11 is 0. The highest BCUT2D eigenvalue weighted by Crippen LogP contribution is 2.42. The van der Waals surface area contributed by atoms with Gasteiger partial charge < -0.3 is 4.90 Å². The minimum Gasteiger partial charge on any atom is -0.342 e. The van der Waals surface area contributed by atoms with Crippen molar-refractivity contribution >= 4 is 5.91 Å². The number of carbonyl (C=O) groups is 1. The van der Waals surface area contributed by atoms with E-state index in [9.17, 15) is 4.79 Å². The van der Waals surface area contributed by atoms with Crippen LogP contribution >= 0.6 is 0 Å². The molecule has 2 unspecified atom stereocenters. The summed E-state index contributed by atoms with van der Waals surface area (Å²) in [6.07, 6.45) is 8.45. The van der Waals surface area contributed by atoms with Crippen LogP contribution in [0.3, 0.4) is 0 Å². The van der Waals surface area contributed by atoms with Gasteiger partial charge in [-0.3, -0.25) is 9.48 Å². The first kappa shape index (κ1) is 15.6. The molecular weight excluding hydrogens is 274 g/mol. The molecule has 4 heteroatoms. The number of aromatic nitrogens is 2. The maximum absolute atomic E-state index is 12.7. The van der Waals surface area contributed by atoms with Gasteiger partial charge in [-0.25, -0.2) is 0 Å². The van der Waals surface area contributed by atoms with Gasteiger partial charge in [0.15, 0.2) is 0 Å². The standard InChI is InChI=1S/C18H29N3O/c1-13-5-16(8-18(2,3)7-13)17(22)21-11-15(12-21)6-14-9-19-20(4)10-14/h9-10,13,15-16H,5-8,11-12H2,1-4H3. The molecule has 0 radical (unpaired) electrons. The maximum Gasteiger partial charge on any atom is 0.225 e. The summed E-state index contributed by atoms with van der Waals surface area (Å²) in [7, 11) is 1.95. The number of nitrogens with zero attached hydrogens (tertiary/aromatic N) is 3. The summed E-state index contributed by atoms with van der Waals surface area (Å²) in [5.74, 6) is 1.94. The van der Waals surface area contributed by atoms with Crippen LogP contribution in [-0.4, -0.2) is 33.7 Å². The molecule has 0 aromatic carbocycles. The van der Waals surface area contributed by atoms with Crippen molar-refractivity contribution in [2.45, 2.75) is 46.5 Å². The Balaban J connectivity index is 1.50. The highest BCUT2D eigenvalue weighted by Gasteiger charge is 2.40. The van der Waals surface area contributed by atoms with Gasteiger partial charge in [-0.15, -0.1) is 0 Å². The molecule has 4 nitrogen and oxygen atoms in total. The molecule has 1 saturated carbocycles. The van der Waals surface area contributed by atoms with Crippen molar-refractivity contribution in [1.82, 2.24) is 14.7 Å². The molecule has 3 rings (SSSR count). The third kappa shape index (κ3) is 3.36. The van der Waals surface area contributed by atoms with Crippen LogP contribution in [0.4, 0.5) is 0 Å². The van der Waals surface area contributed by atoms with Crippen molar-refractivity contribution in [2.75, 3.05) is 13.1 Å². The number of aryl methyl sites for hydroxylation is 1. The Kier molecular flexibility index (Phi) is 4.04. The molecule has 1 aliphatic heterocycles. The summed E-state index contributed by atoms with van der Waals surface area (Å²) in [5, 5.41) is 4.22. The molecule has 2 heterocycles. The van der Waals surface area contributed by atoms with Gasteiger partial charge in [0.1, 0.15) is 0 Å². The van der Waals surface area contributed by atoms with E-state index in [4.69, 9.17) is 0 Å². The molecule has 0 spiro atoms. The average Bonchev–Trinajstić information content (AvgIpc) is 2.75. The molecule has 1 aromatic rings. The summed E-state index contributed by atoms with van der Waals surface area (Å²) in [4.78, 5) is 14.8. The largest absolute Gasteiger partial charge is 0.342 e. The monoisotopic (exact) mass is 303 g/mol. The van der Waals surface area contributed by atoms with Crippen LogP contribution in [0.2, 0.25) is 0 Å². The van der Waals surface area contributed by atoms with Crippen LogP contribution in [-0.2, 0) is 18.3 Å². The predicted molar refractivity (Wildman–Crippen MR) is 87.3 cm³/mol. The summed E-state index contributed by atoms with van der Waals surface area (Å²) in [6.45, 7) is 8.77. The first-order valence-electron chi connectivity index (χ1n) is 8.59. The first-order valence-corrected chi connectivity index (χ1v) is 8.59. The Labute approximate surface area is 133 Å². The first-order chi connectivity index (χ1) is 10.3. The van der Waals surface area contributed by atoms with Crippen molar-refractivity contribution in [1.29, 1.82) is 0 Å². The van der Waals surface area contributed by atoms with E-state index in [1.54, 1.807) is 0 Å². The highest BCUT2D eigenvalue weighted by molar-refractivity contribution is 5.79. The van der Waals surface area contributed by atoms with E-state index >= 15 is 0 Å². The fourth-order valence-corrected chi connectivity index (χ4v) is 4.58. The zero-order valence-corrected chi connectivity index (χ0v) is 14.4. The van der Waals surface area contributed by atoms with Crippen molar-refractivity contribution in [3.8, 4) is 0 Å². The van der Waals surface area contributed by atoms with Gasteiger partial charge in [0, 0.05) is 32.3 Å². The normalized spacial score (nSPS) is 28.5. The van der Waals surface area contributed by atoms with Crippen molar-refractivity contribution in [3.05, 3.63) is 18.0 Å². The van der Waals surface area contributed by atoms with Crippen LogP contribution in [0.5, 0.6) is 0 Å². The van der Waals surface area contributed by atoms with E-state index in [1.165, 1.54) is 12.0 Å². The molecule has 2 aliphatic rings. The second kappa shape index (κ2) is 5.71. The number of hydrogen-bond acceptors (Lipinski definition) is 2. The van der Waals surface area contributed by atoms with Crippen LogP contribution < -0.4 is 0 Å². The molecule has 122 valence electrons. The molecule has 1 aromatic heterocycles. The molecule has 2 atom stereocenters. The molecule has 1 amide bonds. The summed E-state index contributed by atoms with van der Waals surface area (Å²) in [6, 6.07) is 0. The van der Waals surface area contributed by atoms with E-state index in [1.807, 2.05) is 17.9 Å². The Morgan fingerprint density at radius 2 is 2.09 bits per heavy atom. The molecule has 1 aliphatic carbocycles. The van der Waals surface area contributed by atoms with Crippen LogP contribution in [0, 0.1) is 23.2 Å². The van der Waals surface area contributed by atoms with Gasteiger partial charge in [-0.1, -0.05) is 20.8 Å². The van der Waals surface area contributed by atoms with Crippen LogP contribution in [0.15, 0.2) is 12.4 Å². The number of likely N-dealkylation sites (tertiary alicyclic amines) is 1. The van der Waals surface area contributed by atoms with Gasteiger partial charge in [-0.2, -0.15) is 5.10 Å². The predicted octanol–water partition coefficient (Wildman–Crippen LogP) is 2.88. The van der Waals surface area contributed by atoms with E-state index in [2.05, 4.69) is 37.0 Å². The van der Waals surface area contributed by atoms with E-state index in [0.29, 0.717) is 23.2 Å². The van der Waals surface area contributed by atoms with Gasteiger partial charge in [0.2, 0.25) is 5.91 Å². The SMILES string of the molecule is CC1CC(C(=O)N2CC(Cc3cnn(C)c3)C2)CC(C)(C)C1. The Morgan fingerprint density at radius 3 is 2.68 bits per heavy atom. The van der Waals surface area contributed by atoms with E-state index in [-0.39, 0.29) is 5.92 Å². The number of amides is 1. The van der Waals surface area contributed by atoms with Crippen molar-refractivity contribution in [2.24, 2.45) is 30.2 Å². The summed E-state index contributed by atoms with van der Waals surface area (Å²) in [5.41, 5.74) is 1.60. The van der Waals surface area contributed by atoms with E-state index in [0.717, 1.165) is 32.4 Å². The second-order valence-corrected chi connectivity index (χ2v) is 8.45. The van der Waals surface area contributed by atoms with Gasteiger partial charge >= 0.3 is 0 Å². The van der Waals surface area contributed by atoms with Crippen molar-refractivity contribution in [3.63, 3.8) is 0 Å². The fraction of sp³-hybridized carbons (Fsp3) is 0.778. The lowest BCUT2D eigenvalue weighted by Crippen LogP contribution is -2.53. The lowest BCUT2D eigenvalue weighted by Gasteiger charge is -2.45. The minimum absolute atomic E-state index is 0.248. The van der Waals surface area contributed by atoms with Gasteiger partial charge in [-0.05, 0) is 48.5 Å². The zero-order chi connectivity index (χ0) is 15.9. The number of hydrogen-bond donors (Lipinski definition) is 0. The highest BCUT2D eigenvalue weighted by atomic mass is 16.2. The number of rotatable bonds is 3. The third-order valence-electron chi connectivity index (χ3n) is 5.29. The zero-order valence-electron chi connectivity index (χ0n) is 14.4. The molecule has 2 fully saturated rings. The van der Waals surface area contributed by atoms with Crippen molar-refractivity contribution < 1.29 is 4.79 Å². The molecule has 1 saturated heterocycles. The van der Waals surface area contributed by atoms with Gasteiger partial charge in [0.05, 0.1) is 6.20 Å². The number of carbonyl (C=O) groups excluding carboxylic acids is 1. The molecule has 0 N–H and O–H groups in total. The summed E-state index contributed by atoms with van der Waals surface area (Å²) < 4.78 is 1.85. The third-order valence-corrected chi connectivity index (χ3v) is 5.29. The lowest BCUT2D eigenvalue weighted by molar-refractivity contribution is -0.145. The molecule has 0 bridgehead atoms. The smallest absolute Gasteiger partial charge is 0.225 e. The van der Waals surface area contributed by atoms with Crippen LogP contribution in [0.1, 0.15) is 45.6 Å². The molecular formula is C18H29N3O. The maximum atomic E-state index is 12.7. The van der Waals surface area contributed by atoms with Crippen LogP contribution in [0.25, 0.3) is 0 Å². The quantitative estimate of drug-likeness (QED) is 0.861.